The lowest BCUT2D eigenvalue weighted by molar-refractivity contribution is 0.228. The Morgan fingerprint density at radius 3 is 2.53 bits per heavy atom. The lowest BCUT2D eigenvalue weighted by Crippen LogP contribution is -2.32. The molecule has 0 saturated carbocycles. The molecule has 0 amide bonds. The molecule has 3 nitrogen and oxygen atoms in total. The van der Waals surface area contributed by atoms with Gasteiger partial charge in [-0.3, -0.25) is 9.88 Å². The minimum atomic E-state index is 0.627. The zero-order chi connectivity index (χ0) is 12.5. The molecule has 0 spiro atoms. The molecule has 1 aromatic heterocycles. The smallest absolute Gasteiger partial charge is 0.0271 e. The van der Waals surface area contributed by atoms with Gasteiger partial charge in [0.25, 0.3) is 0 Å². The topological polar surface area (TPSA) is 42.1 Å². The van der Waals surface area contributed by atoms with E-state index in [2.05, 4.69) is 35.9 Å². The number of hydrogen-bond acceptors (Lipinski definition) is 3. The minimum Gasteiger partial charge on any atom is -0.330 e. The third-order valence-corrected chi connectivity index (χ3v) is 3.15. The molecule has 0 aliphatic rings. The van der Waals surface area contributed by atoms with Crippen molar-refractivity contribution in [3.05, 3.63) is 30.1 Å². The highest BCUT2D eigenvalue weighted by atomic mass is 15.1. The molecule has 0 aliphatic carbocycles. The normalized spacial score (nSPS) is 12.9. The first kappa shape index (κ1) is 14.1. The number of aromatic nitrogens is 1. The van der Waals surface area contributed by atoms with Crippen molar-refractivity contribution in [3.63, 3.8) is 0 Å². The van der Waals surface area contributed by atoms with Crippen LogP contribution in [0.15, 0.2) is 24.5 Å². The molecular formula is C14H25N3. The first-order valence-electron chi connectivity index (χ1n) is 6.61. The van der Waals surface area contributed by atoms with Gasteiger partial charge >= 0.3 is 0 Å². The van der Waals surface area contributed by atoms with Crippen LogP contribution in [0.2, 0.25) is 0 Å². The van der Waals surface area contributed by atoms with Crippen molar-refractivity contribution in [2.75, 3.05) is 19.6 Å². The molecule has 1 aromatic rings. The van der Waals surface area contributed by atoms with Crippen LogP contribution < -0.4 is 5.73 Å². The van der Waals surface area contributed by atoms with E-state index in [0.29, 0.717) is 5.92 Å². The average Bonchev–Trinajstić information content (AvgIpc) is 2.38. The fourth-order valence-electron chi connectivity index (χ4n) is 2.11. The van der Waals surface area contributed by atoms with Gasteiger partial charge in [0, 0.05) is 25.5 Å². The summed E-state index contributed by atoms with van der Waals surface area (Å²) >= 11 is 0. The van der Waals surface area contributed by atoms with Gasteiger partial charge in [-0.15, -0.1) is 0 Å². The molecule has 17 heavy (non-hydrogen) atoms. The lowest BCUT2D eigenvalue weighted by Gasteiger charge is -2.25. The van der Waals surface area contributed by atoms with Gasteiger partial charge in [0.1, 0.15) is 0 Å². The molecule has 1 atom stereocenters. The summed E-state index contributed by atoms with van der Waals surface area (Å²) in [6, 6.07) is 4.17. The molecule has 0 aromatic carbocycles. The molecule has 1 rings (SSSR count). The molecule has 1 heterocycles. The Morgan fingerprint density at radius 2 is 2.00 bits per heavy atom. The van der Waals surface area contributed by atoms with Crippen LogP contribution in [0.25, 0.3) is 0 Å². The van der Waals surface area contributed by atoms with E-state index in [1.807, 2.05) is 12.4 Å². The highest BCUT2D eigenvalue weighted by Gasteiger charge is 2.11. The molecule has 0 aliphatic heterocycles. The van der Waals surface area contributed by atoms with Gasteiger partial charge in [0.2, 0.25) is 0 Å². The Hall–Kier alpha value is -0.930. The van der Waals surface area contributed by atoms with Crippen molar-refractivity contribution in [1.29, 1.82) is 0 Å². The number of rotatable bonds is 8. The van der Waals surface area contributed by atoms with Crippen molar-refractivity contribution in [3.8, 4) is 0 Å². The third kappa shape index (κ3) is 5.29. The van der Waals surface area contributed by atoms with Crippen LogP contribution in [0.3, 0.4) is 0 Å². The second-order valence-corrected chi connectivity index (χ2v) is 4.57. The second-order valence-electron chi connectivity index (χ2n) is 4.57. The molecular weight excluding hydrogens is 210 g/mol. The molecule has 0 fully saturated rings. The van der Waals surface area contributed by atoms with E-state index < -0.39 is 0 Å². The van der Waals surface area contributed by atoms with Gasteiger partial charge < -0.3 is 5.73 Å². The van der Waals surface area contributed by atoms with Crippen LogP contribution in [-0.4, -0.2) is 29.5 Å². The van der Waals surface area contributed by atoms with Crippen molar-refractivity contribution < 1.29 is 0 Å². The van der Waals surface area contributed by atoms with Crippen LogP contribution in [0, 0.1) is 5.92 Å². The second kappa shape index (κ2) is 8.20. The lowest BCUT2D eigenvalue weighted by atomic mass is 10.0. The van der Waals surface area contributed by atoms with E-state index in [4.69, 9.17) is 5.73 Å². The Morgan fingerprint density at radius 1 is 1.29 bits per heavy atom. The molecule has 0 saturated heterocycles. The van der Waals surface area contributed by atoms with Crippen LogP contribution in [0.4, 0.5) is 0 Å². The van der Waals surface area contributed by atoms with Gasteiger partial charge in [-0.05, 0) is 43.1 Å². The summed E-state index contributed by atoms with van der Waals surface area (Å²) in [6.45, 7) is 8.40. The first-order valence-corrected chi connectivity index (χ1v) is 6.61. The first-order chi connectivity index (χ1) is 8.30. The summed E-state index contributed by atoms with van der Waals surface area (Å²) in [4.78, 5) is 6.51. The fraction of sp³-hybridized carbons (Fsp3) is 0.643. The molecule has 3 heteroatoms. The van der Waals surface area contributed by atoms with Crippen LogP contribution >= 0.6 is 0 Å². The molecule has 96 valence electrons. The number of nitrogens with zero attached hydrogens (tertiary/aromatic N) is 2. The van der Waals surface area contributed by atoms with Crippen molar-refractivity contribution >= 4 is 0 Å². The van der Waals surface area contributed by atoms with Crippen molar-refractivity contribution in [2.24, 2.45) is 11.7 Å². The molecule has 0 bridgehead atoms. The number of hydrogen-bond donors (Lipinski definition) is 1. The van der Waals surface area contributed by atoms with Gasteiger partial charge in [0.05, 0.1) is 0 Å². The Labute approximate surface area is 105 Å². The fourth-order valence-corrected chi connectivity index (χ4v) is 2.11. The largest absolute Gasteiger partial charge is 0.330 e. The molecule has 2 N–H and O–H groups in total. The highest BCUT2D eigenvalue weighted by molar-refractivity contribution is 5.09. The summed E-state index contributed by atoms with van der Waals surface area (Å²) in [7, 11) is 0. The van der Waals surface area contributed by atoms with Gasteiger partial charge in [0.15, 0.2) is 0 Å². The van der Waals surface area contributed by atoms with Crippen molar-refractivity contribution in [2.45, 2.75) is 33.2 Å². The van der Waals surface area contributed by atoms with Gasteiger partial charge in [-0.2, -0.15) is 0 Å². The van der Waals surface area contributed by atoms with E-state index in [-0.39, 0.29) is 0 Å². The van der Waals surface area contributed by atoms with Crippen molar-refractivity contribution in [1.82, 2.24) is 9.88 Å². The summed E-state index contributed by atoms with van der Waals surface area (Å²) in [5.74, 6) is 0.627. The zero-order valence-electron chi connectivity index (χ0n) is 11.1. The molecule has 0 radical (unpaired) electrons. The average molecular weight is 235 g/mol. The van der Waals surface area contributed by atoms with Crippen LogP contribution in [-0.2, 0) is 6.54 Å². The highest BCUT2D eigenvalue weighted by Crippen LogP contribution is 2.10. The van der Waals surface area contributed by atoms with E-state index in [1.54, 1.807) is 0 Å². The minimum absolute atomic E-state index is 0.627. The zero-order valence-corrected chi connectivity index (χ0v) is 11.1. The maximum atomic E-state index is 5.82. The summed E-state index contributed by atoms with van der Waals surface area (Å²) in [6.07, 6.45) is 6.16. The van der Waals surface area contributed by atoms with E-state index in [0.717, 1.165) is 26.2 Å². The predicted octanol–water partition coefficient (Wildman–Crippen LogP) is 2.28. The maximum absolute atomic E-state index is 5.82. The van der Waals surface area contributed by atoms with Gasteiger partial charge in [-0.1, -0.05) is 20.3 Å². The van der Waals surface area contributed by atoms with Crippen LogP contribution in [0.5, 0.6) is 0 Å². The Balaban J connectivity index is 2.48. The maximum Gasteiger partial charge on any atom is 0.0271 e. The summed E-state index contributed by atoms with van der Waals surface area (Å²) in [5, 5.41) is 0. The van der Waals surface area contributed by atoms with Gasteiger partial charge in [-0.25, -0.2) is 0 Å². The predicted molar refractivity (Wildman–Crippen MR) is 72.6 cm³/mol. The standard InChI is InChI=1S/C14H25N3/c1-3-5-14(10-15)12-17(4-2)11-13-6-8-16-9-7-13/h6-9,14H,3-5,10-12,15H2,1-2H3. The van der Waals surface area contributed by atoms with E-state index in [1.165, 1.54) is 18.4 Å². The van der Waals surface area contributed by atoms with E-state index in [9.17, 15) is 0 Å². The Kier molecular flexibility index (Phi) is 6.82. The van der Waals surface area contributed by atoms with Crippen LogP contribution in [0.1, 0.15) is 32.3 Å². The quantitative estimate of drug-likeness (QED) is 0.751. The molecule has 1 unspecified atom stereocenters. The summed E-state index contributed by atoms with van der Waals surface area (Å²) in [5.41, 5.74) is 7.15. The monoisotopic (exact) mass is 235 g/mol. The SMILES string of the molecule is CCCC(CN)CN(CC)Cc1ccncc1. The van der Waals surface area contributed by atoms with E-state index >= 15 is 0 Å². The number of pyridine rings is 1. The summed E-state index contributed by atoms with van der Waals surface area (Å²) < 4.78 is 0. The third-order valence-electron chi connectivity index (χ3n) is 3.15. The Bertz CT molecular complexity index is 287. The number of nitrogens with two attached hydrogens (primary N) is 1.